The zero-order valence-electron chi connectivity index (χ0n) is 10.3. The molecule has 2 rings (SSSR count). The summed E-state index contributed by atoms with van der Waals surface area (Å²) in [6.45, 7) is 3.14. The quantitative estimate of drug-likeness (QED) is 0.778. The Labute approximate surface area is 118 Å². The molecule has 0 aliphatic heterocycles. The first-order chi connectivity index (χ1) is 8.74. The van der Waals surface area contributed by atoms with Gasteiger partial charge in [-0.1, -0.05) is 42.8 Å². The van der Waals surface area contributed by atoms with E-state index in [0.29, 0.717) is 5.25 Å². The molecule has 0 saturated heterocycles. The minimum Gasteiger partial charge on any atom is -0.384 e. The first kappa shape index (κ1) is 13.3. The monoisotopic (exact) mass is 277 g/mol. The van der Waals surface area contributed by atoms with E-state index in [2.05, 4.69) is 30.4 Å². The van der Waals surface area contributed by atoms with Gasteiger partial charge in [-0.15, -0.1) is 11.8 Å². The molecule has 0 aromatic heterocycles. The van der Waals surface area contributed by atoms with Crippen molar-refractivity contribution < 1.29 is 0 Å². The summed E-state index contributed by atoms with van der Waals surface area (Å²) in [6.07, 6.45) is 0. The number of hydrogen-bond acceptors (Lipinski definition) is 2. The van der Waals surface area contributed by atoms with Crippen molar-refractivity contribution in [3.8, 4) is 0 Å². The van der Waals surface area contributed by atoms with Gasteiger partial charge in [-0.2, -0.15) is 0 Å². The van der Waals surface area contributed by atoms with E-state index < -0.39 is 0 Å². The van der Waals surface area contributed by atoms with E-state index in [-0.39, 0.29) is 0 Å². The van der Waals surface area contributed by atoms with Gasteiger partial charge in [0.25, 0.3) is 0 Å². The highest BCUT2D eigenvalue weighted by Gasteiger charge is 2.04. The van der Waals surface area contributed by atoms with E-state index >= 15 is 0 Å². The minimum absolute atomic E-state index is 0.490. The molecule has 0 aliphatic carbocycles. The summed E-state index contributed by atoms with van der Waals surface area (Å²) in [5.74, 6) is 0. The van der Waals surface area contributed by atoms with Gasteiger partial charge in [0.1, 0.15) is 0 Å². The summed E-state index contributed by atoms with van der Waals surface area (Å²) in [5, 5.41) is 4.71. The van der Waals surface area contributed by atoms with Gasteiger partial charge in [0.15, 0.2) is 0 Å². The van der Waals surface area contributed by atoms with Crippen molar-refractivity contribution >= 4 is 29.1 Å². The van der Waals surface area contributed by atoms with Gasteiger partial charge < -0.3 is 5.32 Å². The van der Waals surface area contributed by atoms with Crippen molar-refractivity contribution in [1.82, 2.24) is 0 Å². The first-order valence-corrected chi connectivity index (χ1v) is 7.21. The second kappa shape index (κ2) is 6.72. The summed E-state index contributed by atoms with van der Waals surface area (Å²) in [6, 6.07) is 18.2. The highest BCUT2D eigenvalue weighted by atomic mass is 35.5. The molecule has 0 heterocycles. The number of anilines is 1. The fourth-order valence-electron chi connectivity index (χ4n) is 1.63. The standard InChI is InChI=1S/C15H16ClNS/c1-12(11-17-14-7-3-2-4-8-14)18-15-9-5-6-13(16)10-15/h2-10,12,17H,11H2,1H3. The van der Waals surface area contributed by atoms with E-state index in [0.717, 1.165) is 17.3 Å². The second-order valence-electron chi connectivity index (χ2n) is 4.13. The summed E-state index contributed by atoms with van der Waals surface area (Å²) in [5.41, 5.74) is 1.16. The maximum absolute atomic E-state index is 5.97. The van der Waals surface area contributed by atoms with Gasteiger partial charge >= 0.3 is 0 Å². The van der Waals surface area contributed by atoms with Gasteiger partial charge in [0.2, 0.25) is 0 Å². The van der Waals surface area contributed by atoms with Crippen LogP contribution in [0.2, 0.25) is 5.02 Å². The number of rotatable bonds is 5. The van der Waals surface area contributed by atoms with Crippen LogP contribution in [0.3, 0.4) is 0 Å². The molecule has 1 nitrogen and oxygen atoms in total. The zero-order valence-corrected chi connectivity index (χ0v) is 11.8. The van der Waals surface area contributed by atoms with Crippen LogP contribution < -0.4 is 5.32 Å². The second-order valence-corrected chi connectivity index (χ2v) is 6.08. The lowest BCUT2D eigenvalue weighted by Crippen LogP contribution is -2.12. The van der Waals surface area contributed by atoms with Crippen LogP contribution in [0.5, 0.6) is 0 Å². The summed E-state index contributed by atoms with van der Waals surface area (Å²) in [7, 11) is 0. The van der Waals surface area contributed by atoms with Gasteiger partial charge in [-0.25, -0.2) is 0 Å². The highest BCUT2D eigenvalue weighted by molar-refractivity contribution is 8.00. The molecule has 94 valence electrons. The molecule has 0 fully saturated rings. The van der Waals surface area contributed by atoms with Crippen LogP contribution in [0.1, 0.15) is 6.92 Å². The molecule has 2 aromatic rings. The van der Waals surface area contributed by atoms with Gasteiger partial charge in [-0.3, -0.25) is 0 Å². The summed E-state index contributed by atoms with van der Waals surface area (Å²) >= 11 is 7.80. The summed E-state index contributed by atoms with van der Waals surface area (Å²) < 4.78 is 0. The maximum Gasteiger partial charge on any atom is 0.0417 e. The van der Waals surface area contributed by atoms with Crippen LogP contribution in [0.25, 0.3) is 0 Å². The van der Waals surface area contributed by atoms with Gasteiger partial charge in [-0.05, 0) is 30.3 Å². The van der Waals surface area contributed by atoms with E-state index in [9.17, 15) is 0 Å². The number of nitrogens with one attached hydrogen (secondary N) is 1. The SMILES string of the molecule is CC(CNc1ccccc1)Sc1cccc(Cl)c1. The van der Waals surface area contributed by atoms with E-state index in [1.54, 1.807) is 0 Å². The van der Waals surface area contributed by atoms with Crippen molar-refractivity contribution in [3.05, 3.63) is 59.6 Å². The molecule has 0 saturated carbocycles. The highest BCUT2D eigenvalue weighted by Crippen LogP contribution is 2.25. The molecule has 0 aliphatic rings. The van der Waals surface area contributed by atoms with Crippen LogP contribution >= 0.6 is 23.4 Å². The lowest BCUT2D eigenvalue weighted by molar-refractivity contribution is 0.999. The van der Waals surface area contributed by atoms with Crippen molar-refractivity contribution in [1.29, 1.82) is 0 Å². The molecule has 1 atom stereocenters. The van der Waals surface area contributed by atoms with Crippen LogP contribution in [0, 0.1) is 0 Å². The Morgan fingerprint density at radius 2 is 1.89 bits per heavy atom. The number of benzene rings is 2. The Morgan fingerprint density at radius 1 is 1.11 bits per heavy atom. The molecular formula is C15H16ClNS. The Hall–Kier alpha value is -1.12. The Balaban J connectivity index is 1.84. The van der Waals surface area contributed by atoms with E-state index in [4.69, 9.17) is 11.6 Å². The molecule has 1 unspecified atom stereocenters. The normalized spacial score (nSPS) is 12.1. The smallest absolute Gasteiger partial charge is 0.0417 e. The molecule has 0 bridgehead atoms. The molecule has 2 aromatic carbocycles. The third-order valence-corrected chi connectivity index (χ3v) is 3.83. The third-order valence-electron chi connectivity index (χ3n) is 2.50. The van der Waals surface area contributed by atoms with Gasteiger partial charge in [0, 0.05) is 27.4 Å². The molecule has 3 heteroatoms. The van der Waals surface area contributed by atoms with Crippen molar-refractivity contribution in [2.24, 2.45) is 0 Å². The number of thioether (sulfide) groups is 1. The number of para-hydroxylation sites is 1. The fourth-order valence-corrected chi connectivity index (χ4v) is 2.87. The average Bonchev–Trinajstić information content (AvgIpc) is 2.38. The first-order valence-electron chi connectivity index (χ1n) is 5.95. The number of halogens is 1. The number of hydrogen-bond donors (Lipinski definition) is 1. The third kappa shape index (κ3) is 4.28. The maximum atomic E-state index is 5.97. The molecular weight excluding hydrogens is 262 g/mol. The molecule has 0 radical (unpaired) electrons. The average molecular weight is 278 g/mol. The van der Waals surface area contributed by atoms with Crippen LogP contribution in [-0.2, 0) is 0 Å². The largest absolute Gasteiger partial charge is 0.384 e. The lowest BCUT2D eigenvalue weighted by atomic mass is 10.3. The zero-order chi connectivity index (χ0) is 12.8. The molecule has 1 N–H and O–H groups in total. The Morgan fingerprint density at radius 3 is 2.61 bits per heavy atom. The van der Waals surface area contributed by atoms with Crippen molar-refractivity contribution in [2.45, 2.75) is 17.1 Å². The Bertz CT molecular complexity index is 487. The fraction of sp³-hybridized carbons (Fsp3) is 0.200. The van der Waals surface area contributed by atoms with Crippen molar-refractivity contribution in [3.63, 3.8) is 0 Å². The molecule has 18 heavy (non-hydrogen) atoms. The van der Waals surface area contributed by atoms with Crippen LogP contribution in [-0.4, -0.2) is 11.8 Å². The topological polar surface area (TPSA) is 12.0 Å². The molecule has 0 spiro atoms. The predicted octanol–water partition coefficient (Wildman–Crippen LogP) is 4.93. The predicted molar refractivity (Wildman–Crippen MR) is 81.7 cm³/mol. The molecule has 0 amide bonds. The summed E-state index contributed by atoms with van der Waals surface area (Å²) in [4.78, 5) is 1.21. The van der Waals surface area contributed by atoms with Gasteiger partial charge in [0.05, 0.1) is 0 Å². The lowest BCUT2D eigenvalue weighted by Gasteiger charge is -2.13. The Kier molecular flexibility index (Phi) is 4.97. The van der Waals surface area contributed by atoms with Crippen molar-refractivity contribution in [2.75, 3.05) is 11.9 Å². The van der Waals surface area contributed by atoms with E-state index in [1.165, 1.54) is 4.90 Å². The van der Waals surface area contributed by atoms with E-state index in [1.807, 2.05) is 48.2 Å². The van der Waals surface area contributed by atoms with Crippen LogP contribution in [0.4, 0.5) is 5.69 Å². The van der Waals surface area contributed by atoms with Crippen LogP contribution in [0.15, 0.2) is 59.5 Å². The minimum atomic E-state index is 0.490.